The highest BCUT2D eigenvalue weighted by atomic mass is 32.1. The molecule has 0 saturated heterocycles. The Morgan fingerprint density at radius 2 is 1.86 bits per heavy atom. The molecule has 6 aromatic heterocycles. The van der Waals surface area contributed by atoms with E-state index in [9.17, 15) is 4.79 Å². The van der Waals surface area contributed by atoms with E-state index < -0.39 is 0 Å². The molecule has 182 valence electrons. The monoisotopic (exact) mass is 505 g/mol. The molecule has 1 amide bonds. The Hall–Kier alpha value is -4.37. The number of aromatic amines is 2. The zero-order valence-corrected chi connectivity index (χ0v) is 20.9. The van der Waals surface area contributed by atoms with Gasteiger partial charge in [-0.3, -0.25) is 19.9 Å². The number of carbonyl (C=O) groups excluding carboxylic acids is 1. The highest BCUT2D eigenvalue weighted by molar-refractivity contribution is 7.15. The summed E-state index contributed by atoms with van der Waals surface area (Å²) in [5, 5.41) is 12.6. The molecule has 7 rings (SSSR count). The van der Waals surface area contributed by atoms with Crippen LogP contribution in [0.15, 0.2) is 61.3 Å². The molecule has 3 N–H and O–H groups in total. The molecule has 1 aliphatic carbocycles. The van der Waals surface area contributed by atoms with Gasteiger partial charge in [-0.15, -0.1) is 11.3 Å². The van der Waals surface area contributed by atoms with Crippen molar-refractivity contribution in [3.63, 3.8) is 0 Å². The summed E-state index contributed by atoms with van der Waals surface area (Å²) in [5.74, 6) is 0.187. The van der Waals surface area contributed by atoms with Crippen molar-refractivity contribution in [1.29, 1.82) is 0 Å². The average molecular weight is 506 g/mol. The maximum atomic E-state index is 12.4. The molecule has 0 aromatic carbocycles. The van der Waals surface area contributed by atoms with Crippen molar-refractivity contribution in [3.8, 4) is 33.0 Å². The van der Waals surface area contributed by atoms with Gasteiger partial charge in [0.15, 0.2) is 5.65 Å². The van der Waals surface area contributed by atoms with E-state index >= 15 is 0 Å². The molecule has 0 radical (unpaired) electrons. The van der Waals surface area contributed by atoms with Gasteiger partial charge in [0.2, 0.25) is 5.91 Å². The van der Waals surface area contributed by atoms with Gasteiger partial charge < -0.3 is 10.3 Å². The van der Waals surface area contributed by atoms with Gasteiger partial charge >= 0.3 is 0 Å². The maximum absolute atomic E-state index is 12.4. The summed E-state index contributed by atoms with van der Waals surface area (Å²) in [5.41, 5.74) is 6.91. The Morgan fingerprint density at radius 1 is 1.00 bits per heavy atom. The first kappa shape index (κ1) is 21.9. The standard InChI is InChI=1S/C28H23N7OS/c1-15-5-6-25(37-15)22-13-30-14-24-20(22)9-23(33-24)26-21-8-18(11-31-27(21)35-34-26)17-7-19(12-29-10-17)32-28(36)16-3-2-4-16/h5-14,16,33H,2-4H2,1H3,(H,32,36)(H,31,34,35). The highest BCUT2D eigenvalue weighted by Crippen LogP contribution is 2.36. The first-order chi connectivity index (χ1) is 18.1. The molecule has 9 heteroatoms. The minimum atomic E-state index is 0.0706. The SMILES string of the molecule is Cc1ccc(-c2cncc3[nH]c(-c4n[nH]c5ncc(-c6cncc(NC(=O)C7CCC7)c6)cc45)cc23)s1. The van der Waals surface area contributed by atoms with Gasteiger partial charge in [0.25, 0.3) is 0 Å². The van der Waals surface area contributed by atoms with Crippen molar-refractivity contribution < 1.29 is 4.79 Å². The van der Waals surface area contributed by atoms with Crippen molar-refractivity contribution in [2.24, 2.45) is 5.92 Å². The van der Waals surface area contributed by atoms with Crippen LogP contribution in [0.25, 0.3) is 54.9 Å². The van der Waals surface area contributed by atoms with E-state index in [2.05, 4.69) is 66.6 Å². The third kappa shape index (κ3) is 3.88. The number of hydrogen-bond donors (Lipinski definition) is 3. The minimum Gasteiger partial charge on any atom is -0.352 e. The molecule has 1 fully saturated rings. The number of fused-ring (bicyclic) bond motifs is 2. The molecule has 1 saturated carbocycles. The largest absolute Gasteiger partial charge is 0.352 e. The number of nitrogens with zero attached hydrogens (tertiary/aromatic N) is 4. The summed E-state index contributed by atoms with van der Waals surface area (Å²) in [6, 6.07) is 10.4. The van der Waals surface area contributed by atoms with Crippen LogP contribution in [0.2, 0.25) is 0 Å². The third-order valence-electron chi connectivity index (χ3n) is 7.04. The summed E-state index contributed by atoms with van der Waals surface area (Å²) >= 11 is 1.76. The van der Waals surface area contributed by atoms with Crippen LogP contribution in [-0.4, -0.2) is 36.0 Å². The van der Waals surface area contributed by atoms with Crippen LogP contribution in [0.5, 0.6) is 0 Å². The van der Waals surface area contributed by atoms with Crippen LogP contribution in [0.4, 0.5) is 5.69 Å². The molecule has 6 aromatic rings. The van der Waals surface area contributed by atoms with Gasteiger partial charge in [0.1, 0.15) is 5.69 Å². The number of thiophene rings is 1. The first-order valence-electron chi connectivity index (χ1n) is 12.3. The average Bonchev–Trinajstić information content (AvgIpc) is 3.60. The molecule has 0 atom stereocenters. The lowest BCUT2D eigenvalue weighted by atomic mass is 9.85. The van der Waals surface area contributed by atoms with Crippen LogP contribution in [0.3, 0.4) is 0 Å². The molecule has 0 aliphatic heterocycles. The van der Waals surface area contributed by atoms with Crippen LogP contribution in [0.1, 0.15) is 24.1 Å². The number of aromatic nitrogens is 6. The Labute approximate surface area is 216 Å². The number of pyridine rings is 3. The molecule has 0 spiro atoms. The lowest BCUT2D eigenvalue weighted by Gasteiger charge is -2.24. The second-order valence-electron chi connectivity index (χ2n) is 9.51. The van der Waals surface area contributed by atoms with Crippen LogP contribution in [0, 0.1) is 12.8 Å². The van der Waals surface area contributed by atoms with E-state index in [0.29, 0.717) is 11.3 Å². The van der Waals surface area contributed by atoms with Crippen LogP contribution < -0.4 is 5.32 Å². The van der Waals surface area contributed by atoms with Gasteiger partial charge in [-0.2, -0.15) is 5.10 Å². The van der Waals surface area contributed by atoms with Gasteiger partial charge in [-0.25, -0.2) is 4.98 Å². The van der Waals surface area contributed by atoms with Crippen LogP contribution in [-0.2, 0) is 4.79 Å². The fraction of sp³-hybridized carbons (Fsp3) is 0.179. The first-order valence-corrected chi connectivity index (χ1v) is 13.1. The Kier molecular flexibility index (Phi) is 5.10. The van der Waals surface area contributed by atoms with E-state index in [-0.39, 0.29) is 11.8 Å². The Bertz CT molecular complexity index is 1790. The number of carbonyl (C=O) groups is 1. The number of hydrogen-bond acceptors (Lipinski definition) is 6. The quantitative estimate of drug-likeness (QED) is 0.253. The maximum Gasteiger partial charge on any atom is 0.227 e. The predicted molar refractivity (Wildman–Crippen MR) is 146 cm³/mol. The summed E-state index contributed by atoms with van der Waals surface area (Å²) in [6.07, 6.45) is 12.1. The zero-order valence-electron chi connectivity index (χ0n) is 20.1. The molecule has 37 heavy (non-hydrogen) atoms. The van der Waals surface area contributed by atoms with Crippen molar-refractivity contribution >= 4 is 44.9 Å². The van der Waals surface area contributed by atoms with E-state index in [4.69, 9.17) is 0 Å². The lowest BCUT2D eigenvalue weighted by Crippen LogP contribution is -2.28. The minimum absolute atomic E-state index is 0.0706. The molecule has 0 unspecified atom stereocenters. The van der Waals surface area contributed by atoms with Crippen molar-refractivity contribution in [1.82, 2.24) is 30.1 Å². The number of nitrogens with one attached hydrogen (secondary N) is 3. The predicted octanol–water partition coefficient (Wildman–Crippen LogP) is 6.34. The number of amides is 1. The topological polar surface area (TPSA) is 112 Å². The van der Waals surface area contributed by atoms with Gasteiger partial charge in [0.05, 0.1) is 29.3 Å². The van der Waals surface area contributed by atoms with Crippen molar-refractivity contribution in [2.45, 2.75) is 26.2 Å². The molecule has 1 aliphatic rings. The van der Waals surface area contributed by atoms with Gasteiger partial charge in [-0.05, 0) is 50.1 Å². The van der Waals surface area contributed by atoms with E-state index in [1.165, 1.54) is 9.75 Å². The fourth-order valence-corrected chi connectivity index (χ4v) is 5.69. The lowest BCUT2D eigenvalue weighted by molar-refractivity contribution is -0.122. The number of aryl methyl sites for hydroxylation is 1. The highest BCUT2D eigenvalue weighted by Gasteiger charge is 2.25. The number of H-pyrrole nitrogens is 2. The Morgan fingerprint density at radius 3 is 2.68 bits per heavy atom. The van der Waals surface area contributed by atoms with Crippen molar-refractivity contribution in [3.05, 3.63) is 66.2 Å². The van der Waals surface area contributed by atoms with Crippen LogP contribution >= 0.6 is 11.3 Å². The van der Waals surface area contributed by atoms with Gasteiger partial charge in [0, 0.05) is 61.7 Å². The summed E-state index contributed by atoms with van der Waals surface area (Å²) in [6.45, 7) is 2.11. The fourth-order valence-electron chi connectivity index (χ4n) is 4.80. The molecule has 6 heterocycles. The number of anilines is 1. The molecule has 8 nitrogen and oxygen atoms in total. The van der Waals surface area contributed by atoms with E-state index in [1.54, 1.807) is 29.9 Å². The molecule has 0 bridgehead atoms. The van der Waals surface area contributed by atoms with Crippen molar-refractivity contribution in [2.75, 3.05) is 5.32 Å². The normalized spacial score (nSPS) is 13.8. The van der Waals surface area contributed by atoms with E-state index in [0.717, 1.165) is 63.6 Å². The Balaban J connectivity index is 1.26. The second-order valence-corrected chi connectivity index (χ2v) is 10.8. The molecular weight excluding hydrogens is 482 g/mol. The summed E-state index contributed by atoms with van der Waals surface area (Å²) in [4.78, 5) is 31.8. The van der Waals surface area contributed by atoms with Gasteiger partial charge in [-0.1, -0.05) is 6.42 Å². The van der Waals surface area contributed by atoms with E-state index in [1.807, 2.05) is 18.5 Å². The molecular formula is C28H23N7OS. The smallest absolute Gasteiger partial charge is 0.227 e. The number of rotatable bonds is 5. The summed E-state index contributed by atoms with van der Waals surface area (Å²) < 4.78 is 0. The third-order valence-corrected chi connectivity index (χ3v) is 8.07. The zero-order chi connectivity index (χ0) is 24.9. The second kappa shape index (κ2) is 8.63. The summed E-state index contributed by atoms with van der Waals surface area (Å²) in [7, 11) is 0.